The molecule has 2 N–H and O–H groups in total. The average Bonchev–Trinajstić information content (AvgIpc) is 2.82. The lowest BCUT2D eigenvalue weighted by Gasteiger charge is -2.29. The van der Waals surface area contributed by atoms with Gasteiger partial charge in [-0.2, -0.15) is 0 Å². The van der Waals surface area contributed by atoms with E-state index in [1.54, 1.807) is 21.3 Å². The maximum Gasteiger partial charge on any atom is 0.220 e. The molecule has 1 saturated heterocycles. The van der Waals surface area contributed by atoms with Crippen molar-refractivity contribution >= 4 is 5.91 Å². The van der Waals surface area contributed by atoms with Crippen molar-refractivity contribution in [3.63, 3.8) is 0 Å². The van der Waals surface area contributed by atoms with Crippen molar-refractivity contribution in [1.29, 1.82) is 0 Å². The topological polar surface area (TPSA) is 80.3 Å². The Balaban J connectivity index is 1.46. The van der Waals surface area contributed by atoms with E-state index in [0.29, 0.717) is 36.6 Å². The molecule has 0 atom stereocenters. The number of carbonyl (C=O) groups excluding carboxylic acids is 1. The van der Waals surface area contributed by atoms with Gasteiger partial charge in [-0.15, -0.1) is 0 Å². The number of methoxy groups -OCH3 is 3. The first kappa shape index (κ1) is 23.9. The smallest absolute Gasteiger partial charge is 0.220 e. The van der Waals surface area contributed by atoms with E-state index in [1.165, 1.54) is 5.56 Å². The molecule has 1 fully saturated rings. The number of aryl methyl sites for hydroxylation is 1. The number of benzene rings is 2. The van der Waals surface area contributed by atoms with Crippen LogP contribution in [0.25, 0.3) is 0 Å². The first-order chi connectivity index (χ1) is 15.5. The van der Waals surface area contributed by atoms with Crippen molar-refractivity contribution in [3.05, 3.63) is 53.1 Å². The third kappa shape index (κ3) is 6.61. The van der Waals surface area contributed by atoms with Crippen LogP contribution in [0.15, 0.2) is 36.4 Å². The first-order valence-corrected chi connectivity index (χ1v) is 11.1. The largest absolute Gasteiger partial charge is 0.493 e. The number of amides is 1. The monoisotopic (exact) mass is 442 g/mol. The summed E-state index contributed by atoms with van der Waals surface area (Å²) in [7, 11) is 4.73. The number of piperidine rings is 1. The quantitative estimate of drug-likeness (QED) is 0.589. The zero-order valence-electron chi connectivity index (χ0n) is 19.2. The van der Waals surface area contributed by atoms with E-state index in [4.69, 9.17) is 14.2 Å². The molecule has 1 heterocycles. The summed E-state index contributed by atoms with van der Waals surface area (Å²) in [5.74, 6) is 1.71. The number of rotatable bonds is 10. The van der Waals surface area contributed by atoms with Crippen molar-refractivity contribution in [2.45, 2.75) is 44.9 Å². The molecule has 32 heavy (non-hydrogen) atoms. The van der Waals surface area contributed by atoms with Gasteiger partial charge in [0.2, 0.25) is 11.7 Å². The van der Waals surface area contributed by atoms with E-state index in [-0.39, 0.29) is 12.0 Å². The van der Waals surface area contributed by atoms with E-state index in [0.717, 1.165) is 43.6 Å². The summed E-state index contributed by atoms with van der Waals surface area (Å²) in [6, 6.07) is 12.1. The van der Waals surface area contributed by atoms with E-state index in [9.17, 15) is 9.90 Å². The SMILES string of the molecule is COc1cc(CCC(=O)NCc2ccc(CN3CCC(O)CC3)cc2)cc(OC)c1OC. The second-order valence-electron chi connectivity index (χ2n) is 8.13. The molecule has 0 saturated carbocycles. The molecule has 2 aromatic rings. The molecule has 1 aliphatic rings. The molecule has 7 heteroatoms. The lowest BCUT2D eigenvalue weighted by atomic mass is 10.1. The molecule has 0 aliphatic carbocycles. The lowest BCUT2D eigenvalue weighted by Crippen LogP contribution is -2.35. The molecule has 3 rings (SSSR count). The molecular formula is C25H34N2O5. The van der Waals surface area contributed by atoms with E-state index in [1.807, 2.05) is 12.1 Å². The van der Waals surface area contributed by atoms with Crippen LogP contribution >= 0.6 is 0 Å². The summed E-state index contributed by atoms with van der Waals surface area (Å²) in [4.78, 5) is 14.7. The molecule has 0 unspecified atom stereocenters. The van der Waals surface area contributed by atoms with Crippen molar-refractivity contribution in [2.75, 3.05) is 34.4 Å². The summed E-state index contributed by atoms with van der Waals surface area (Å²) >= 11 is 0. The minimum atomic E-state index is -0.147. The lowest BCUT2D eigenvalue weighted by molar-refractivity contribution is -0.121. The number of ether oxygens (including phenoxy) is 3. The maximum atomic E-state index is 12.4. The molecule has 0 spiro atoms. The summed E-state index contributed by atoms with van der Waals surface area (Å²) < 4.78 is 16.1. The van der Waals surface area contributed by atoms with E-state index >= 15 is 0 Å². The number of hydrogen-bond acceptors (Lipinski definition) is 6. The predicted molar refractivity (Wildman–Crippen MR) is 123 cm³/mol. The number of aliphatic hydroxyl groups excluding tert-OH is 1. The second kappa shape index (κ2) is 11.7. The number of hydrogen-bond donors (Lipinski definition) is 2. The highest BCUT2D eigenvalue weighted by molar-refractivity contribution is 5.76. The molecule has 0 aromatic heterocycles. The van der Waals surface area contributed by atoms with E-state index < -0.39 is 0 Å². The number of nitrogens with one attached hydrogen (secondary N) is 1. The number of nitrogens with zero attached hydrogens (tertiary/aromatic N) is 1. The van der Waals surface area contributed by atoms with Gasteiger partial charge in [-0.1, -0.05) is 24.3 Å². The molecule has 174 valence electrons. The van der Waals surface area contributed by atoms with Crippen molar-refractivity contribution < 1.29 is 24.1 Å². The maximum absolute atomic E-state index is 12.4. The highest BCUT2D eigenvalue weighted by Gasteiger charge is 2.17. The minimum absolute atomic E-state index is 0.00490. The molecule has 1 amide bonds. The Morgan fingerprint density at radius 2 is 1.56 bits per heavy atom. The standard InChI is InChI=1S/C25H34N2O5/c1-30-22-14-20(15-23(31-2)25(22)32-3)8-9-24(29)26-16-18-4-6-19(7-5-18)17-27-12-10-21(28)11-13-27/h4-7,14-15,21,28H,8-13,16-17H2,1-3H3,(H,26,29). The summed E-state index contributed by atoms with van der Waals surface area (Å²) in [6.07, 6.45) is 2.50. The summed E-state index contributed by atoms with van der Waals surface area (Å²) in [5, 5.41) is 12.6. The number of carbonyl (C=O) groups is 1. The highest BCUT2D eigenvalue weighted by atomic mass is 16.5. The third-order valence-electron chi connectivity index (χ3n) is 5.84. The molecule has 0 bridgehead atoms. The Labute approximate surface area is 190 Å². The van der Waals surface area contributed by atoms with Crippen molar-refractivity contribution in [2.24, 2.45) is 0 Å². The molecule has 7 nitrogen and oxygen atoms in total. The Kier molecular flexibility index (Phi) is 8.76. The fourth-order valence-corrected chi connectivity index (χ4v) is 3.92. The molecule has 2 aromatic carbocycles. The van der Waals surface area contributed by atoms with Crippen LogP contribution in [0.2, 0.25) is 0 Å². The van der Waals surface area contributed by atoms with Gasteiger partial charge in [0.15, 0.2) is 11.5 Å². The predicted octanol–water partition coefficient (Wildman–Crippen LogP) is 2.92. The normalized spacial score (nSPS) is 14.8. The van der Waals surface area contributed by atoms with Gasteiger partial charge in [0.1, 0.15) is 0 Å². The molecular weight excluding hydrogens is 408 g/mol. The zero-order chi connectivity index (χ0) is 22.9. The van der Waals surface area contributed by atoms with Crippen LogP contribution < -0.4 is 19.5 Å². The van der Waals surface area contributed by atoms with Crippen LogP contribution in [0.5, 0.6) is 17.2 Å². The van der Waals surface area contributed by atoms with Crippen LogP contribution in [-0.4, -0.2) is 56.4 Å². The van der Waals surface area contributed by atoms with Gasteiger partial charge in [-0.3, -0.25) is 9.69 Å². The van der Waals surface area contributed by atoms with Crippen LogP contribution in [0.1, 0.15) is 36.0 Å². The zero-order valence-corrected chi connectivity index (χ0v) is 19.2. The Hall–Kier alpha value is -2.77. The van der Waals surface area contributed by atoms with Gasteiger partial charge in [0.05, 0.1) is 27.4 Å². The molecule has 0 radical (unpaired) electrons. The van der Waals surface area contributed by atoms with Crippen LogP contribution in [0.4, 0.5) is 0 Å². The van der Waals surface area contributed by atoms with Crippen LogP contribution in [-0.2, 0) is 24.3 Å². The summed E-state index contributed by atoms with van der Waals surface area (Å²) in [6.45, 7) is 3.27. The Morgan fingerprint density at radius 3 is 2.12 bits per heavy atom. The van der Waals surface area contributed by atoms with Gasteiger partial charge >= 0.3 is 0 Å². The van der Waals surface area contributed by atoms with Crippen molar-refractivity contribution in [3.8, 4) is 17.2 Å². The minimum Gasteiger partial charge on any atom is -0.493 e. The van der Waals surface area contributed by atoms with Gasteiger partial charge in [-0.05, 0) is 48.1 Å². The first-order valence-electron chi connectivity index (χ1n) is 11.1. The Bertz CT molecular complexity index is 851. The van der Waals surface area contributed by atoms with E-state index in [2.05, 4.69) is 34.5 Å². The fourth-order valence-electron chi connectivity index (χ4n) is 3.92. The van der Waals surface area contributed by atoms with Crippen LogP contribution in [0.3, 0.4) is 0 Å². The second-order valence-corrected chi connectivity index (χ2v) is 8.13. The van der Waals surface area contributed by atoms with Gasteiger partial charge in [0, 0.05) is 32.6 Å². The van der Waals surface area contributed by atoms with Gasteiger partial charge in [-0.25, -0.2) is 0 Å². The number of likely N-dealkylation sites (tertiary alicyclic amines) is 1. The number of aliphatic hydroxyl groups is 1. The highest BCUT2D eigenvalue weighted by Crippen LogP contribution is 2.38. The van der Waals surface area contributed by atoms with Crippen molar-refractivity contribution in [1.82, 2.24) is 10.2 Å². The summed E-state index contributed by atoms with van der Waals surface area (Å²) in [5.41, 5.74) is 3.27. The van der Waals surface area contributed by atoms with Gasteiger partial charge < -0.3 is 24.6 Å². The third-order valence-corrected chi connectivity index (χ3v) is 5.84. The average molecular weight is 443 g/mol. The Morgan fingerprint density at radius 1 is 0.969 bits per heavy atom. The van der Waals surface area contributed by atoms with Crippen LogP contribution in [0, 0.1) is 0 Å². The molecule has 1 aliphatic heterocycles. The van der Waals surface area contributed by atoms with Gasteiger partial charge in [0.25, 0.3) is 0 Å². The fraction of sp³-hybridized carbons (Fsp3) is 0.480.